The maximum absolute atomic E-state index is 11.5. The van der Waals surface area contributed by atoms with Crippen molar-refractivity contribution in [3.63, 3.8) is 0 Å². The molecule has 1 fully saturated rings. The van der Waals surface area contributed by atoms with Crippen molar-refractivity contribution in [2.45, 2.75) is 45.2 Å². The maximum Gasteiger partial charge on any atom is 0.323 e. The van der Waals surface area contributed by atoms with Gasteiger partial charge < -0.3 is 5.11 Å². The van der Waals surface area contributed by atoms with Crippen LogP contribution in [-0.4, -0.2) is 33.0 Å². The Labute approximate surface area is 123 Å². The van der Waals surface area contributed by atoms with Crippen molar-refractivity contribution in [3.8, 4) is 0 Å². The van der Waals surface area contributed by atoms with E-state index in [9.17, 15) is 20.0 Å². The van der Waals surface area contributed by atoms with Crippen molar-refractivity contribution >= 4 is 11.7 Å². The molecule has 2 atom stereocenters. The molecule has 1 aliphatic heterocycles. The minimum absolute atomic E-state index is 0.0792. The average Bonchev–Trinajstić information content (AvgIpc) is 2.81. The summed E-state index contributed by atoms with van der Waals surface area (Å²) < 4.78 is 0. The molecule has 1 aromatic rings. The highest BCUT2D eigenvalue weighted by molar-refractivity contribution is 5.78. The van der Waals surface area contributed by atoms with Crippen molar-refractivity contribution in [3.05, 3.63) is 39.4 Å². The summed E-state index contributed by atoms with van der Waals surface area (Å²) in [6.07, 6.45) is 1.42. The molecular weight excluding hydrogens is 272 g/mol. The Bertz CT molecular complexity index is 587. The molecule has 114 valence electrons. The van der Waals surface area contributed by atoms with Gasteiger partial charge in [0, 0.05) is 17.7 Å². The van der Waals surface area contributed by atoms with Gasteiger partial charge in [-0.15, -0.1) is 0 Å². The number of aliphatic carboxylic acids is 1. The molecule has 0 bridgehead atoms. The topological polar surface area (TPSA) is 83.7 Å². The number of carboxylic acid groups (broad SMARTS) is 1. The molecule has 1 aromatic carbocycles. The van der Waals surface area contributed by atoms with Crippen LogP contribution in [0.4, 0.5) is 5.69 Å². The lowest BCUT2D eigenvalue weighted by Crippen LogP contribution is -2.48. The summed E-state index contributed by atoms with van der Waals surface area (Å²) in [6, 6.07) is 4.94. The van der Waals surface area contributed by atoms with Gasteiger partial charge in [-0.25, -0.2) is 0 Å². The van der Waals surface area contributed by atoms with Crippen molar-refractivity contribution in [1.82, 2.24) is 4.90 Å². The van der Waals surface area contributed by atoms with Crippen LogP contribution in [0, 0.1) is 17.0 Å². The van der Waals surface area contributed by atoms with Crippen LogP contribution in [0.3, 0.4) is 0 Å². The fraction of sp³-hybridized carbons (Fsp3) is 0.533. The summed E-state index contributed by atoms with van der Waals surface area (Å²) in [6.45, 7) is 6.01. The summed E-state index contributed by atoms with van der Waals surface area (Å²) in [5.74, 6) is -0.839. The summed E-state index contributed by atoms with van der Waals surface area (Å²) in [4.78, 5) is 24.1. The standard InChI is InChI=1S/C15H20N2O4/c1-10-5-6-12(9-13(10)17(20)21)11(2)16-8-4-7-15(16,3)14(18)19/h5-6,9,11H,4,7-8H2,1-3H3,(H,18,19). The fourth-order valence-corrected chi connectivity index (χ4v) is 3.10. The van der Waals surface area contributed by atoms with E-state index >= 15 is 0 Å². The molecule has 2 unspecified atom stereocenters. The third-order valence-corrected chi connectivity index (χ3v) is 4.54. The largest absolute Gasteiger partial charge is 0.480 e. The molecule has 2 rings (SSSR count). The van der Waals surface area contributed by atoms with Gasteiger partial charge in [0.2, 0.25) is 0 Å². The van der Waals surface area contributed by atoms with Gasteiger partial charge in [0.15, 0.2) is 0 Å². The lowest BCUT2D eigenvalue weighted by atomic mass is 9.95. The number of rotatable bonds is 4. The zero-order valence-electron chi connectivity index (χ0n) is 12.5. The zero-order valence-corrected chi connectivity index (χ0v) is 12.5. The molecule has 0 amide bonds. The van der Waals surface area contributed by atoms with E-state index in [0.717, 1.165) is 12.0 Å². The predicted octanol–water partition coefficient (Wildman–Crippen LogP) is 2.90. The number of nitro benzene ring substituents is 1. The van der Waals surface area contributed by atoms with Gasteiger partial charge in [0.05, 0.1) is 4.92 Å². The molecule has 0 aromatic heterocycles. The number of nitro groups is 1. The first kappa shape index (κ1) is 15.4. The monoisotopic (exact) mass is 292 g/mol. The highest BCUT2D eigenvalue weighted by atomic mass is 16.6. The molecule has 1 N–H and O–H groups in total. The summed E-state index contributed by atoms with van der Waals surface area (Å²) in [5.41, 5.74) is 0.564. The van der Waals surface area contributed by atoms with E-state index in [2.05, 4.69) is 0 Å². The molecule has 0 radical (unpaired) electrons. The number of hydrogen-bond acceptors (Lipinski definition) is 4. The predicted molar refractivity (Wildman–Crippen MR) is 78.2 cm³/mol. The van der Waals surface area contributed by atoms with Crippen LogP contribution in [0.15, 0.2) is 18.2 Å². The second-order valence-electron chi connectivity index (χ2n) is 5.85. The Morgan fingerprint density at radius 2 is 2.19 bits per heavy atom. The van der Waals surface area contributed by atoms with E-state index in [1.165, 1.54) is 0 Å². The van der Waals surface area contributed by atoms with Crippen molar-refractivity contribution in [2.75, 3.05) is 6.54 Å². The maximum atomic E-state index is 11.5. The van der Waals surface area contributed by atoms with Gasteiger partial charge in [0.1, 0.15) is 5.54 Å². The summed E-state index contributed by atoms with van der Waals surface area (Å²) >= 11 is 0. The second kappa shape index (κ2) is 5.44. The Morgan fingerprint density at radius 1 is 1.52 bits per heavy atom. The molecule has 6 nitrogen and oxygen atoms in total. The Kier molecular flexibility index (Phi) is 4.00. The highest BCUT2D eigenvalue weighted by Crippen LogP contribution is 2.37. The van der Waals surface area contributed by atoms with Gasteiger partial charge in [-0.2, -0.15) is 0 Å². The number of carbonyl (C=O) groups is 1. The number of benzene rings is 1. The second-order valence-corrected chi connectivity index (χ2v) is 5.85. The fourth-order valence-electron chi connectivity index (χ4n) is 3.10. The van der Waals surface area contributed by atoms with E-state index in [-0.39, 0.29) is 11.7 Å². The quantitative estimate of drug-likeness (QED) is 0.681. The number of nitrogens with zero attached hydrogens (tertiary/aromatic N) is 2. The van der Waals surface area contributed by atoms with Crippen LogP contribution < -0.4 is 0 Å². The van der Waals surface area contributed by atoms with E-state index in [0.29, 0.717) is 18.5 Å². The number of carboxylic acids is 1. The van der Waals surface area contributed by atoms with Crippen molar-refractivity contribution < 1.29 is 14.8 Å². The molecule has 21 heavy (non-hydrogen) atoms. The Morgan fingerprint density at radius 3 is 2.76 bits per heavy atom. The first-order chi connectivity index (χ1) is 9.77. The lowest BCUT2D eigenvalue weighted by molar-refractivity contribution is -0.385. The van der Waals surface area contributed by atoms with Crippen LogP contribution in [0.2, 0.25) is 0 Å². The molecule has 0 saturated carbocycles. The third kappa shape index (κ3) is 2.63. The lowest BCUT2D eigenvalue weighted by Gasteiger charge is -2.36. The SMILES string of the molecule is Cc1ccc(C(C)N2CCCC2(C)C(=O)O)cc1[N+](=O)[O-]. The summed E-state index contributed by atoms with van der Waals surface area (Å²) in [5, 5.41) is 20.5. The van der Waals surface area contributed by atoms with Crippen LogP contribution in [0.1, 0.15) is 43.9 Å². The first-order valence-electron chi connectivity index (χ1n) is 7.02. The minimum Gasteiger partial charge on any atom is -0.480 e. The molecule has 1 saturated heterocycles. The average molecular weight is 292 g/mol. The van der Waals surface area contributed by atoms with E-state index < -0.39 is 16.4 Å². The van der Waals surface area contributed by atoms with Gasteiger partial charge in [0.25, 0.3) is 5.69 Å². The third-order valence-electron chi connectivity index (χ3n) is 4.54. The van der Waals surface area contributed by atoms with Crippen molar-refractivity contribution in [1.29, 1.82) is 0 Å². The zero-order chi connectivity index (χ0) is 15.8. The van der Waals surface area contributed by atoms with Gasteiger partial charge in [-0.1, -0.05) is 12.1 Å². The Balaban J connectivity index is 2.36. The number of aryl methyl sites for hydroxylation is 1. The van der Waals surface area contributed by atoms with Gasteiger partial charge >= 0.3 is 5.97 Å². The normalized spacial score (nSPS) is 24.0. The van der Waals surface area contributed by atoms with Crippen LogP contribution in [0.5, 0.6) is 0 Å². The molecule has 0 spiro atoms. The van der Waals surface area contributed by atoms with Gasteiger partial charge in [-0.05, 0) is 45.7 Å². The molecule has 0 aliphatic carbocycles. The summed E-state index contributed by atoms with van der Waals surface area (Å²) in [7, 11) is 0. The van der Waals surface area contributed by atoms with Crippen LogP contribution in [-0.2, 0) is 4.79 Å². The van der Waals surface area contributed by atoms with Crippen LogP contribution in [0.25, 0.3) is 0 Å². The Hall–Kier alpha value is -1.95. The highest BCUT2D eigenvalue weighted by Gasteiger charge is 2.45. The van der Waals surface area contributed by atoms with E-state index in [1.54, 1.807) is 26.0 Å². The smallest absolute Gasteiger partial charge is 0.323 e. The first-order valence-corrected chi connectivity index (χ1v) is 7.02. The van der Waals surface area contributed by atoms with Crippen molar-refractivity contribution in [2.24, 2.45) is 0 Å². The number of hydrogen-bond donors (Lipinski definition) is 1. The molecule has 1 aliphatic rings. The molecule has 6 heteroatoms. The molecular formula is C15H20N2O4. The van der Waals surface area contributed by atoms with Gasteiger partial charge in [-0.3, -0.25) is 19.8 Å². The number of likely N-dealkylation sites (tertiary alicyclic amines) is 1. The molecule has 1 heterocycles. The van der Waals surface area contributed by atoms with Crippen LogP contribution >= 0.6 is 0 Å². The minimum atomic E-state index is -0.904. The van der Waals surface area contributed by atoms with E-state index in [4.69, 9.17) is 0 Å². The van der Waals surface area contributed by atoms with E-state index in [1.807, 2.05) is 17.9 Å².